The first-order valence-electron chi connectivity index (χ1n) is 8.76. The summed E-state index contributed by atoms with van der Waals surface area (Å²) in [7, 11) is 0. The Kier molecular flexibility index (Phi) is 9.01. The molecule has 4 N–H and O–H groups in total. The van der Waals surface area contributed by atoms with E-state index in [1.54, 1.807) is 12.1 Å². The maximum atomic E-state index is 11.1. The van der Waals surface area contributed by atoms with Gasteiger partial charge in [0.1, 0.15) is 6.29 Å². The highest BCUT2D eigenvalue weighted by Crippen LogP contribution is 2.32. The van der Waals surface area contributed by atoms with Gasteiger partial charge in [-0.1, -0.05) is 13.8 Å². The third-order valence-corrected chi connectivity index (χ3v) is 5.01. The van der Waals surface area contributed by atoms with Crippen LogP contribution in [0.1, 0.15) is 37.0 Å². The Bertz CT molecular complexity index is 534. The zero-order valence-corrected chi connectivity index (χ0v) is 15.5. The maximum Gasteiger partial charge on any atom is 0.161 e. The van der Waals surface area contributed by atoms with Crippen molar-refractivity contribution in [2.45, 2.75) is 26.7 Å². The molecule has 0 aliphatic carbocycles. The summed E-state index contributed by atoms with van der Waals surface area (Å²) in [5.41, 5.74) is -1.17. The standard InChI is InChI=1S/C19H30O7/c1-3-18(9-21,10-22)13-25-16-6-5-15(8-20)7-17(16)26-14-19(4-2,11-23)12-24/h5-8,21-24H,3-4,9-14H2,1-2H3. The zero-order valence-electron chi connectivity index (χ0n) is 15.5. The highest BCUT2D eigenvalue weighted by atomic mass is 16.5. The van der Waals surface area contributed by atoms with Crippen molar-refractivity contribution in [2.24, 2.45) is 10.8 Å². The molecular weight excluding hydrogens is 340 g/mol. The molecule has 0 aliphatic rings. The number of ether oxygens (including phenoxy) is 2. The van der Waals surface area contributed by atoms with Crippen molar-refractivity contribution in [3.63, 3.8) is 0 Å². The van der Waals surface area contributed by atoms with Gasteiger partial charge in [-0.3, -0.25) is 4.79 Å². The van der Waals surface area contributed by atoms with E-state index in [0.29, 0.717) is 36.2 Å². The summed E-state index contributed by atoms with van der Waals surface area (Å²) in [5.74, 6) is 0.659. The number of hydrogen-bond donors (Lipinski definition) is 4. The van der Waals surface area contributed by atoms with Crippen molar-refractivity contribution >= 4 is 6.29 Å². The Hall–Kier alpha value is -1.67. The first-order chi connectivity index (χ1) is 12.5. The average Bonchev–Trinajstić information content (AvgIpc) is 2.71. The number of aliphatic hydroxyl groups excluding tert-OH is 4. The molecule has 0 saturated heterocycles. The van der Waals surface area contributed by atoms with Crippen molar-refractivity contribution in [3.05, 3.63) is 23.8 Å². The van der Waals surface area contributed by atoms with E-state index in [1.807, 2.05) is 13.8 Å². The second kappa shape index (κ2) is 10.5. The molecule has 0 unspecified atom stereocenters. The first-order valence-corrected chi connectivity index (χ1v) is 8.76. The molecule has 0 fully saturated rings. The predicted molar refractivity (Wildman–Crippen MR) is 96.6 cm³/mol. The van der Waals surface area contributed by atoms with Crippen LogP contribution >= 0.6 is 0 Å². The van der Waals surface area contributed by atoms with Crippen molar-refractivity contribution in [1.82, 2.24) is 0 Å². The smallest absolute Gasteiger partial charge is 0.161 e. The van der Waals surface area contributed by atoms with Crippen LogP contribution in [0, 0.1) is 10.8 Å². The second-order valence-corrected chi connectivity index (χ2v) is 6.74. The van der Waals surface area contributed by atoms with Gasteiger partial charge in [0, 0.05) is 5.56 Å². The molecule has 0 radical (unpaired) electrons. The van der Waals surface area contributed by atoms with E-state index in [4.69, 9.17) is 9.47 Å². The van der Waals surface area contributed by atoms with Gasteiger partial charge >= 0.3 is 0 Å². The fourth-order valence-electron chi connectivity index (χ4n) is 2.23. The highest BCUT2D eigenvalue weighted by molar-refractivity contribution is 5.76. The summed E-state index contributed by atoms with van der Waals surface area (Å²) in [5, 5.41) is 38.2. The number of carbonyl (C=O) groups excluding carboxylic acids is 1. The second-order valence-electron chi connectivity index (χ2n) is 6.74. The minimum atomic E-state index is -0.794. The van der Waals surface area contributed by atoms with Gasteiger partial charge in [0.2, 0.25) is 0 Å². The Morgan fingerprint density at radius 2 is 1.31 bits per heavy atom. The van der Waals surface area contributed by atoms with Crippen LogP contribution in [0.25, 0.3) is 0 Å². The van der Waals surface area contributed by atoms with E-state index >= 15 is 0 Å². The van der Waals surface area contributed by atoms with Crippen LogP contribution in [0.4, 0.5) is 0 Å². The molecule has 1 rings (SSSR count). The van der Waals surface area contributed by atoms with Crippen molar-refractivity contribution in [3.8, 4) is 11.5 Å². The Morgan fingerprint density at radius 1 is 0.846 bits per heavy atom. The molecule has 1 aromatic carbocycles. The SMILES string of the molecule is CCC(CO)(CO)COc1ccc(C=O)cc1OCC(CC)(CO)CO. The summed E-state index contributed by atoms with van der Waals surface area (Å²) >= 11 is 0. The van der Waals surface area contributed by atoms with Gasteiger partial charge in [-0.05, 0) is 31.0 Å². The summed E-state index contributed by atoms with van der Waals surface area (Å²) in [6.45, 7) is 2.89. The molecule has 0 saturated carbocycles. The molecular formula is C19H30O7. The average molecular weight is 370 g/mol. The minimum Gasteiger partial charge on any atom is -0.489 e. The topological polar surface area (TPSA) is 116 Å². The summed E-state index contributed by atoms with van der Waals surface area (Å²) in [6, 6.07) is 4.68. The number of carbonyl (C=O) groups is 1. The number of aliphatic hydroxyl groups is 4. The summed E-state index contributed by atoms with van der Waals surface area (Å²) in [4.78, 5) is 11.1. The van der Waals surface area contributed by atoms with Gasteiger partial charge < -0.3 is 29.9 Å². The van der Waals surface area contributed by atoms with Gasteiger partial charge in [-0.15, -0.1) is 0 Å². The molecule has 26 heavy (non-hydrogen) atoms. The quantitative estimate of drug-likeness (QED) is 0.383. The van der Waals surface area contributed by atoms with E-state index in [2.05, 4.69) is 0 Å². The molecule has 0 heterocycles. The molecule has 0 aromatic heterocycles. The van der Waals surface area contributed by atoms with Gasteiger partial charge in [-0.2, -0.15) is 0 Å². The summed E-state index contributed by atoms with van der Waals surface area (Å²) in [6.07, 6.45) is 1.72. The highest BCUT2D eigenvalue weighted by Gasteiger charge is 2.30. The summed E-state index contributed by atoms with van der Waals surface area (Å²) < 4.78 is 11.5. The molecule has 7 nitrogen and oxygen atoms in total. The van der Waals surface area contributed by atoms with Gasteiger partial charge in [-0.25, -0.2) is 0 Å². The van der Waals surface area contributed by atoms with E-state index < -0.39 is 10.8 Å². The monoisotopic (exact) mass is 370 g/mol. The van der Waals surface area contributed by atoms with Crippen LogP contribution in [0.5, 0.6) is 11.5 Å². The minimum absolute atomic E-state index is 0.0497. The number of benzene rings is 1. The lowest BCUT2D eigenvalue weighted by Crippen LogP contribution is -2.36. The molecule has 0 atom stereocenters. The van der Waals surface area contributed by atoms with Crippen LogP contribution in [-0.2, 0) is 0 Å². The van der Waals surface area contributed by atoms with Crippen LogP contribution in [0.3, 0.4) is 0 Å². The van der Waals surface area contributed by atoms with Crippen molar-refractivity contribution in [2.75, 3.05) is 39.6 Å². The number of aldehydes is 1. The van der Waals surface area contributed by atoms with Gasteiger partial charge in [0.05, 0.1) is 50.5 Å². The van der Waals surface area contributed by atoms with Crippen molar-refractivity contribution < 1.29 is 34.7 Å². The molecule has 148 valence electrons. The third kappa shape index (κ3) is 5.41. The Balaban J connectivity index is 3.01. The van der Waals surface area contributed by atoms with Crippen LogP contribution in [-0.4, -0.2) is 66.4 Å². The lowest BCUT2D eigenvalue weighted by Gasteiger charge is -2.30. The molecule has 7 heteroatoms. The molecule has 0 aliphatic heterocycles. The zero-order chi connectivity index (χ0) is 19.6. The van der Waals surface area contributed by atoms with Gasteiger partial charge in [0.15, 0.2) is 11.5 Å². The third-order valence-electron chi connectivity index (χ3n) is 5.01. The molecule has 0 spiro atoms. The normalized spacial score (nSPS) is 12.1. The van der Waals surface area contributed by atoms with Gasteiger partial charge in [0.25, 0.3) is 0 Å². The lowest BCUT2D eigenvalue weighted by atomic mass is 9.88. The lowest BCUT2D eigenvalue weighted by molar-refractivity contribution is 0.00330. The largest absolute Gasteiger partial charge is 0.489 e. The number of hydrogen-bond acceptors (Lipinski definition) is 7. The van der Waals surface area contributed by atoms with E-state index in [1.165, 1.54) is 6.07 Å². The molecule has 0 bridgehead atoms. The fourth-order valence-corrected chi connectivity index (χ4v) is 2.23. The Morgan fingerprint density at radius 3 is 1.69 bits per heavy atom. The van der Waals surface area contributed by atoms with Crippen LogP contribution in [0.15, 0.2) is 18.2 Å². The fraction of sp³-hybridized carbons (Fsp3) is 0.632. The number of rotatable bonds is 13. The first kappa shape index (κ1) is 22.4. The van der Waals surface area contributed by atoms with Crippen LogP contribution < -0.4 is 9.47 Å². The van der Waals surface area contributed by atoms with E-state index in [9.17, 15) is 25.2 Å². The van der Waals surface area contributed by atoms with E-state index in [-0.39, 0.29) is 39.6 Å². The predicted octanol–water partition coefficient (Wildman–Crippen LogP) is 1.02. The van der Waals surface area contributed by atoms with Crippen molar-refractivity contribution in [1.29, 1.82) is 0 Å². The van der Waals surface area contributed by atoms with E-state index in [0.717, 1.165) is 0 Å². The Labute approximate surface area is 154 Å². The molecule has 1 aromatic rings. The van der Waals surface area contributed by atoms with Crippen LogP contribution in [0.2, 0.25) is 0 Å². The molecule has 0 amide bonds. The maximum absolute atomic E-state index is 11.1.